The maximum Gasteiger partial charge on any atom is 0.250 e. The minimum absolute atomic E-state index is 0.0128. The zero-order valence-electron chi connectivity index (χ0n) is 10.4. The normalized spacial score (nSPS) is 11.1. The summed E-state index contributed by atoms with van der Waals surface area (Å²) in [6.45, 7) is 9.27. The number of rotatable bonds is 5. The van der Waals surface area contributed by atoms with E-state index in [1.807, 2.05) is 13.8 Å². The summed E-state index contributed by atoms with van der Waals surface area (Å²) in [6, 6.07) is 1.38. The first-order valence-corrected chi connectivity index (χ1v) is 5.28. The van der Waals surface area contributed by atoms with Crippen LogP contribution in [0.2, 0.25) is 0 Å². The van der Waals surface area contributed by atoms with E-state index in [4.69, 9.17) is 10.6 Å². The van der Waals surface area contributed by atoms with E-state index in [-0.39, 0.29) is 12.5 Å². The van der Waals surface area contributed by atoms with Crippen LogP contribution in [0.25, 0.3) is 0 Å². The van der Waals surface area contributed by atoms with Gasteiger partial charge in [-0.2, -0.15) is 0 Å². The monoisotopic (exact) mass is 239 g/mol. The smallest absolute Gasteiger partial charge is 0.250 e. The van der Waals surface area contributed by atoms with Crippen molar-refractivity contribution in [1.29, 1.82) is 0 Å². The second-order valence-electron chi connectivity index (χ2n) is 4.49. The van der Waals surface area contributed by atoms with E-state index in [1.165, 1.54) is 17.3 Å². The molecule has 1 aromatic rings. The standard InChI is InChI=1S/C12H18FN3O/c1-5-16(14)12(3,4)8-17-11-10(13)6-9(2)7-15-11/h5-7H,1,8,14H2,2-4H3. The van der Waals surface area contributed by atoms with Crippen molar-refractivity contribution in [2.45, 2.75) is 26.3 Å². The number of halogens is 1. The summed E-state index contributed by atoms with van der Waals surface area (Å²) in [6.07, 6.45) is 3.04. The fraction of sp³-hybridized carbons (Fsp3) is 0.417. The van der Waals surface area contributed by atoms with Gasteiger partial charge in [0.1, 0.15) is 6.61 Å². The first kappa shape index (κ1) is 13.4. The molecule has 0 unspecified atom stereocenters. The summed E-state index contributed by atoms with van der Waals surface area (Å²) in [5.74, 6) is 5.22. The van der Waals surface area contributed by atoms with Crippen LogP contribution in [0.15, 0.2) is 25.0 Å². The average molecular weight is 239 g/mol. The van der Waals surface area contributed by atoms with E-state index in [0.717, 1.165) is 5.56 Å². The van der Waals surface area contributed by atoms with Crippen molar-refractivity contribution >= 4 is 0 Å². The van der Waals surface area contributed by atoms with Crippen LogP contribution in [0.3, 0.4) is 0 Å². The Morgan fingerprint density at radius 3 is 2.82 bits per heavy atom. The Kier molecular flexibility index (Phi) is 4.07. The zero-order valence-corrected chi connectivity index (χ0v) is 10.4. The van der Waals surface area contributed by atoms with Crippen molar-refractivity contribution in [3.8, 4) is 5.88 Å². The van der Waals surface area contributed by atoms with Crippen LogP contribution < -0.4 is 10.6 Å². The van der Waals surface area contributed by atoms with Crippen LogP contribution in [0.1, 0.15) is 19.4 Å². The Balaban J connectivity index is 2.70. The van der Waals surface area contributed by atoms with E-state index in [0.29, 0.717) is 0 Å². The van der Waals surface area contributed by atoms with Gasteiger partial charge < -0.3 is 9.75 Å². The third-order valence-corrected chi connectivity index (χ3v) is 2.40. The maximum absolute atomic E-state index is 13.5. The predicted octanol–water partition coefficient (Wildman–Crippen LogP) is 2.01. The van der Waals surface area contributed by atoms with Crippen molar-refractivity contribution in [3.63, 3.8) is 0 Å². The third-order valence-electron chi connectivity index (χ3n) is 2.40. The first-order chi connectivity index (χ1) is 7.86. The lowest BCUT2D eigenvalue weighted by molar-refractivity contribution is 0.104. The molecule has 0 spiro atoms. The fourth-order valence-electron chi connectivity index (χ4n) is 1.19. The van der Waals surface area contributed by atoms with Crippen LogP contribution in [0, 0.1) is 12.7 Å². The number of aromatic nitrogens is 1. The highest BCUT2D eigenvalue weighted by molar-refractivity contribution is 5.19. The molecule has 1 rings (SSSR count). The molecule has 0 saturated carbocycles. The number of nitrogens with zero attached hydrogens (tertiary/aromatic N) is 2. The number of hydrogen-bond acceptors (Lipinski definition) is 4. The molecule has 1 aromatic heterocycles. The molecule has 0 radical (unpaired) electrons. The van der Waals surface area contributed by atoms with Gasteiger partial charge in [0, 0.05) is 12.4 Å². The van der Waals surface area contributed by atoms with Gasteiger partial charge >= 0.3 is 0 Å². The Bertz CT molecular complexity index is 407. The van der Waals surface area contributed by atoms with Gasteiger partial charge in [0.2, 0.25) is 5.88 Å². The van der Waals surface area contributed by atoms with E-state index in [1.54, 1.807) is 13.1 Å². The minimum Gasteiger partial charge on any atom is -0.473 e. The van der Waals surface area contributed by atoms with Crippen LogP contribution in [0.5, 0.6) is 5.88 Å². The van der Waals surface area contributed by atoms with Crippen LogP contribution in [-0.2, 0) is 0 Å². The number of pyridine rings is 1. The number of hydrazine groups is 1. The highest BCUT2D eigenvalue weighted by Crippen LogP contribution is 2.17. The van der Waals surface area contributed by atoms with Crippen molar-refractivity contribution in [2.24, 2.45) is 5.84 Å². The lowest BCUT2D eigenvalue weighted by Crippen LogP contribution is -2.49. The molecule has 0 aliphatic carbocycles. The Hall–Kier alpha value is -1.62. The van der Waals surface area contributed by atoms with Gasteiger partial charge in [-0.1, -0.05) is 6.58 Å². The molecule has 17 heavy (non-hydrogen) atoms. The van der Waals surface area contributed by atoms with Gasteiger partial charge in [-0.25, -0.2) is 15.2 Å². The molecule has 0 aromatic carbocycles. The van der Waals surface area contributed by atoms with Gasteiger partial charge in [-0.05, 0) is 32.4 Å². The van der Waals surface area contributed by atoms with Gasteiger partial charge in [0.05, 0.1) is 5.54 Å². The van der Waals surface area contributed by atoms with Crippen LogP contribution in [-0.4, -0.2) is 22.1 Å². The van der Waals surface area contributed by atoms with E-state index in [9.17, 15) is 4.39 Å². The van der Waals surface area contributed by atoms with Crippen molar-refractivity contribution < 1.29 is 9.13 Å². The second kappa shape index (κ2) is 5.14. The summed E-state index contributed by atoms with van der Waals surface area (Å²) >= 11 is 0. The molecular weight excluding hydrogens is 221 g/mol. The average Bonchev–Trinajstić information content (AvgIpc) is 2.26. The van der Waals surface area contributed by atoms with E-state index in [2.05, 4.69) is 11.6 Å². The van der Waals surface area contributed by atoms with Crippen LogP contribution in [0.4, 0.5) is 4.39 Å². The summed E-state index contributed by atoms with van der Waals surface area (Å²) in [4.78, 5) is 3.88. The largest absolute Gasteiger partial charge is 0.473 e. The zero-order chi connectivity index (χ0) is 13.1. The van der Waals surface area contributed by atoms with Crippen LogP contribution >= 0.6 is 0 Å². The second-order valence-corrected chi connectivity index (χ2v) is 4.49. The van der Waals surface area contributed by atoms with Gasteiger partial charge in [-0.15, -0.1) is 0 Å². The molecule has 1 heterocycles. The molecule has 0 aliphatic rings. The maximum atomic E-state index is 13.5. The molecule has 0 amide bonds. The van der Waals surface area contributed by atoms with Gasteiger partial charge in [0.25, 0.3) is 0 Å². The Morgan fingerprint density at radius 2 is 2.29 bits per heavy atom. The molecule has 5 heteroatoms. The highest BCUT2D eigenvalue weighted by Gasteiger charge is 2.23. The molecule has 0 atom stereocenters. The molecule has 94 valence electrons. The number of hydrogen-bond donors (Lipinski definition) is 1. The molecule has 0 bridgehead atoms. The highest BCUT2D eigenvalue weighted by atomic mass is 19.1. The van der Waals surface area contributed by atoms with Crippen molar-refractivity contribution in [1.82, 2.24) is 9.99 Å². The van der Waals surface area contributed by atoms with Crippen molar-refractivity contribution in [2.75, 3.05) is 6.61 Å². The first-order valence-electron chi connectivity index (χ1n) is 5.28. The summed E-state index contributed by atoms with van der Waals surface area (Å²) in [7, 11) is 0. The molecule has 0 saturated heterocycles. The third kappa shape index (κ3) is 3.42. The van der Waals surface area contributed by atoms with E-state index >= 15 is 0 Å². The predicted molar refractivity (Wildman–Crippen MR) is 64.7 cm³/mol. The van der Waals surface area contributed by atoms with E-state index < -0.39 is 11.4 Å². The molecule has 0 aliphatic heterocycles. The summed E-state index contributed by atoms with van der Waals surface area (Å²) in [5, 5.41) is 1.42. The lowest BCUT2D eigenvalue weighted by Gasteiger charge is -2.33. The van der Waals surface area contributed by atoms with Crippen molar-refractivity contribution in [3.05, 3.63) is 36.4 Å². The minimum atomic E-state index is -0.485. The van der Waals surface area contributed by atoms with Gasteiger partial charge in [0.15, 0.2) is 5.82 Å². The molecule has 0 fully saturated rings. The molecule has 4 nitrogen and oxygen atoms in total. The molecular formula is C12H18FN3O. The number of ether oxygens (including phenoxy) is 1. The summed E-state index contributed by atoms with van der Waals surface area (Å²) in [5.41, 5.74) is 0.265. The lowest BCUT2D eigenvalue weighted by atomic mass is 10.1. The SMILES string of the molecule is C=CN(N)C(C)(C)COc1ncc(C)cc1F. The number of aryl methyl sites for hydroxylation is 1. The Labute approximate surface area is 101 Å². The topological polar surface area (TPSA) is 51.4 Å². The number of nitrogens with two attached hydrogens (primary N) is 1. The quantitative estimate of drug-likeness (QED) is 0.630. The molecule has 2 N–H and O–H groups in total. The fourth-order valence-corrected chi connectivity index (χ4v) is 1.19. The summed E-state index contributed by atoms with van der Waals surface area (Å²) < 4.78 is 18.8. The van der Waals surface area contributed by atoms with Gasteiger partial charge in [-0.3, -0.25) is 0 Å². The Morgan fingerprint density at radius 1 is 1.65 bits per heavy atom.